The molecule has 1 aliphatic rings. The monoisotopic (exact) mass is 249 g/mol. The van der Waals surface area contributed by atoms with E-state index in [2.05, 4.69) is 18.8 Å². The predicted octanol–water partition coefficient (Wildman–Crippen LogP) is 3.27. The van der Waals surface area contributed by atoms with Crippen LogP contribution in [0.1, 0.15) is 51.5 Å². The van der Waals surface area contributed by atoms with Crippen LogP contribution in [0.3, 0.4) is 0 Å². The van der Waals surface area contributed by atoms with Crippen molar-refractivity contribution in [3.8, 4) is 5.75 Å². The lowest BCUT2D eigenvalue weighted by molar-refractivity contribution is 0.0392. The lowest BCUT2D eigenvalue weighted by atomic mass is 9.92. The molecule has 0 aliphatic heterocycles. The van der Waals surface area contributed by atoms with Gasteiger partial charge in [-0.2, -0.15) is 0 Å². The maximum atomic E-state index is 10.7. The van der Waals surface area contributed by atoms with Gasteiger partial charge in [0.05, 0.1) is 18.4 Å². The van der Waals surface area contributed by atoms with E-state index in [0.29, 0.717) is 12.5 Å². The molecule has 100 valence electrons. The molecule has 0 spiro atoms. The van der Waals surface area contributed by atoms with Crippen molar-refractivity contribution in [3.05, 3.63) is 24.0 Å². The van der Waals surface area contributed by atoms with Gasteiger partial charge >= 0.3 is 0 Å². The molecule has 2 rings (SSSR count). The van der Waals surface area contributed by atoms with E-state index in [-0.39, 0.29) is 0 Å². The van der Waals surface area contributed by atoms with Crippen molar-refractivity contribution in [3.63, 3.8) is 0 Å². The SMILES string of the molecule is CCCOc1cncc(C2(O)CCC(CC)C2)c1. The first-order valence-electron chi connectivity index (χ1n) is 6.98. The molecule has 0 aromatic carbocycles. The van der Waals surface area contributed by atoms with Gasteiger partial charge in [0.15, 0.2) is 0 Å². The zero-order valence-corrected chi connectivity index (χ0v) is 11.4. The van der Waals surface area contributed by atoms with E-state index in [4.69, 9.17) is 4.74 Å². The summed E-state index contributed by atoms with van der Waals surface area (Å²) in [5.74, 6) is 1.40. The molecule has 1 heterocycles. The van der Waals surface area contributed by atoms with E-state index in [1.807, 2.05) is 6.07 Å². The van der Waals surface area contributed by atoms with Gasteiger partial charge in [-0.05, 0) is 37.7 Å². The normalized spacial score (nSPS) is 27.4. The lowest BCUT2D eigenvalue weighted by Crippen LogP contribution is -2.22. The number of ether oxygens (including phenoxy) is 1. The van der Waals surface area contributed by atoms with Crippen molar-refractivity contribution >= 4 is 0 Å². The molecule has 0 saturated heterocycles. The minimum Gasteiger partial charge on any atom is -0.492 e. The maximum Gasteiger partial charge on any atom is 0.137 e. The summed E-state index contributed by atoms with van der Waals surface area (Å²) in [5, 5.41) is 10.7. The highest BCUT2D eigenvalue weighted by molar-refractivity contribution is 5.29. The number of aromatic nitrogens is 1. The van der Waals surface area contributed by atoms with Crippen LogP contribution in [0.25, 0.3) is 0 Å². The Hall–Kier alpha value is -1.09. The Morgan fingerprint density at radius 1 is 1.44 bits per heavy atom. The summed E-state index contributed by atoms with van der Waals surface area (Å²) in [4.78, 5) is 4.19. The number of pyridine rings is 1. The molecule has 1 aromatic rings. The van der Waals surface area contributed by atoms with Crippen LogP contribution in [0.5, 0.6) is 5.75 Å². The highest BCUT2D eigenvalue weighted by atomic mass is 16.5. The molecule has 0 radical (unpaired) electrons. The Bertz CT molecular complexity index is 394. The molecule has 2 unspecified atom stereocenters. The van der Waals surface area contributed by atoms with E-state index < -0.39 is 5.60 Å². The van der Waals surface area contributed by atoms with E-state index in [0.717, 1.165) is 43.4 Å². The first-order chi connectivity index (χ1) is 8.68. The number of hydrogen-bond acceptors (Lipinski definition) is 3. The molecule has 1 fully saturated rings. The molecule has 2 atom stereocenters. The number of nitrogens with zero attached hydrogens (tertiary/aromatic N) is 1. The van der Waals surface area contributed by atoms with Crippen LogP contribution in [0.15, 0.2) is 18.5 Å². The molecular weight excluding hydrogens is 226 g/mol. The topological polar surface area (TPSA) is 42.4 Å². The molecular formula is C15H23NO2. The van der Waals surface area contributed by atoms with E-state index >= 15 is 0 Å². The van der Waals surface area contributed by atoms with Crippen molar-refractivity contribution in [2.75, 3.05) is 6.61 Å². The Kier molecular flexibility index (Phi) is 4.23. The molecule has 0 bridgehead atoms. The number of hydrogen-bond donors (Lipinski definition) is 1. The molecule has 1 aliphatic carbocycles. The fraction of sp³-hybridized carbons (Fsp3) is 0.667. The standard InChI is InChI=1S/C15H23NO2/c1-3-7-18-14-8-13(10-16-11-14)15(17)6-5-12(4-2)9-15/h8,10-12,17H,3-7,9H2,1-2H3. The molecule has 1 N–H and O–H groups in total. The summed E-state index contributed by atoms with van der Waals surface area (Å²) >= 11 is 0. The van der Waals surface area contributed by atoms with Crippen molar-refractivity contribution in [1.82, 2.24) is 4.98 Å². The average Bonchev–Trinajstić information content (AvgIpc) is 2.80. The summed E-state index contributed by atoms with van der Waals surface area (Å²) in [5.41, 5.74) is 0.214. The predicted molar refractivity (Wildman–Crippen MR) is 71.6 cm³/mol. The van der Waals surface area contributed by atoms with Crippen molar-refractivity contribution < 1.29 is 9.84 Å². The second kappa shape index (κ2) is 5.70. The second-order valence-corrected chi connectivity index (χ2v) is 5.31. The molecule has 18 heavy (non-hydrogen) atoms. The van der Waals surface area contributed by atoms with E-state index in [1.54, 1.807) is 12.4 Å². The number of rotatable bonds is 5. The van der Waals surface area contributed by atoms with Gasteiger partial charge in [0.25, 0.3) is 0 Å². The number of aliphatic hydroxyl groups is 1. The third-order valence-corrected chi connectivity index (χ3v) is 3.89. The van der Waals surface area contributed by atoms with Crippen molar-refractivity contribution in [2.45, 2.75) is 51.6 Å². The summed E-state index contributed by atoms with van der Waals surface area (Å²) in [6.07, 6.45) is 8.40. The van der Waals surface area contributed by atoms with Crippen LogP contribution in [0.4, 0.5) is 0 Å². The Morgan fingerprint density at radius 2 is 2.28 bits per heavy atom. The van der Waals surface area contributed by atoms with Gasteiger partial charge in [0.1, 0.15) is 5.75 Å². The van der Waals surface area contributed by atoms with Gasteiger partial charge < -0.3 is 9.84 Å². The van der Waals surface area contributed by atoms with Gasteiger partial charge in [0, 0.05) is 11.8 Å². The average molecular weight is 249 g/mol. The van der Waals surface area contributed by atoms with Crippen molar-refractivity contribution in [1.29, 1.82) is 0 Å². The minimum atomic E-state index is -0.695. The third-order valence-electron chi connectivity index (χ3n) is 3.89. The van der Waals surface area contributed by atoms with E-state index in [1.165, 1.54) is 0 Å². The zero-order chi connectivity index (χ0) is 13.0. The Labute approximate surface area is 109 Å². The van der Waals surface area contributed by atoms with Gasteiger partial charge in [-0.1, -0.05) is 20.3 Å². The highest BCUT2D eigenvalue weighted by Gasteiger charge is 2.38. The zero-order valence-electron chi connectivity index (χ0n) is 11.4. The van der Waals surface area contributed by atoms with Crippen LogP contribution in [0, 0.1) is 5.92 Å². The summed E-state index contributed by atoms with van der Waals surface area (Å²) in [6, 6.07) is 1.95. The Balaban J connectivity index is 2.12. The van der Waals surface area contributed by atoms with Crippen LogP contribution in [0.2, 0.25) is 0 Å². The van der Waals surface area contributed by atoms with Gasteiger partial charge in [-0.3, -0.25) is 4.98 Å². The van der Waals surface area contributed by atoms with Crippen LogP contribution in [-0.4, -0.2) is 16.7 Å². The van der Waals surface area contributed by atoms with Crippen LogP contribution in [-0.2, 0) is 5.60 Å². The molecule has 3 heteroatoms. The smallest absolute Gasteiger partial charge is 0.137 e. The summed E-state index contributed by atoms with van der Waals surface area (Å²) < 4.78 is 5.58. The Morgan fingerprint density at radius 3 is 2.94 bits per heavy atom. The minimum absolute atomic E-state index is 0.634. The fourth-order valence-corrected chi connectivity index (χ4v) is 2.71. The third kappa shape index (κ3) is 2.83. The fourth-order valence-electron chi connectivity index (χ4n) is 2.71. The quantitative estimate of drug-likeness (QED) is 0.871. The largest absolute Gasteiger partial charge is 0.492 e. The second-order valence-electron chi connectivity index (χ2n) is 5.31. The van der Waals surface area contributed by atoms with Crippen LogP contribution >= 0.6 is 0 Å². The molecule has 1 saturated carbocycles. The molecule has 1 aromatic heterocycles. The van der Waals surface area contributed by atoms with Crippen LogP contribution < -0.4 is 4.74 Å². The van der Waals surface area contributed by atoms with Gasteiger partial charge in [-0.15, -0.1) is 0 Å². The summed E-state index contributed by atoms with van der Waals surface area (Å²) in [7, 11) is 0. The van der Waals surface area contributed by atoms with Gasteiger partial charge in [0.2, 0.25) is 0 Å². The molecule has 3 nitrogen and oxygen atoms in total. The first kappa shape index (κ1) is 13.3. The van der Waals surface area contributed by atoms with Crippen molar-refractivity contribution in [2.24, 2.45) is 5.92 Å². The lowest BCUT2D eigenvalue weighted by Gasteiger charge is -2.23. The summed E-state index contributed by atoms with van der Waals surface area (Å²) in [6.45, 7) is 4.96. The van der Waals surface area contributed by atoms with Gasteiger partial charge in [-0.25, -0.2) is 0 Å². The first-order valence-corrected chi connectivity index (χ1v) is 6.98. The maximum absolute atomic E-state index is 10.7. The molecule has 0 amide bonds. The van der Waals surface area contributed by atoms with E-state index in [9.17, 15) is 5.11 Å². The highest BCUT2D eigenvalue weighted by Crippen LogP contribution is 2.43.